The molecule has 2 heterocycles. The summed E-state index contributed by atoms with van der Waals surface area (Å²) in [5.41, 5.74) is 3.26. The molecule has 2 aliphatic carbocycles. The van der Waals surface area contributed by atoms with Crippen LogP contribution in [0.4, 0.5) is 27.5 Å². The zero-order valence-corrected chi connectivity index (χ0v) is 20.0. The molecule has 182 valence electrons. The van der Waals surface area contributed by atoms with Gasteiger partial charge in [0.25, 0.3) is 0 Å². The first-order valence-corrected chi connectivity index (χ1v) is 12.4. The summed E-state index contributed by atoms with van der Waals surface area (Å²) in [6, 6.07) is 6.40. The molecular formula is C25H34FN7O. The number of halogens is 1. The van der Waals surface area contributed by atoms with E-state index in [9.17, 15) is 9.18 Å². The highest BCUT2D eigenvalue weighted by atomic mass is 19.1. The molecule has 3 fully saturated rings. The zero-order valence-electron chi connectivity index (χ0n) is 20.0. The quantitative estimate of drug-likeness (QED) is 0.576. The van der Waals surface area contributed by atoms with Crippen LogP contribution in [0.3, 0.4) is 0 Å². The number of amides is 1. The van der Waals surface area contributed by atoms with E-state index in [1.807, 2.05) is 6.07 Å². The molecule has 2 aromatic rings. The maximum Gasteiger partial charge on any atom is 0.229 e. The Kier molecular flexibility index (Phi) is 6.54. The molecule has 2 saturated carbocycles. The van der Waals surface area contributed by atoms with Crippen molar-refractivity contribution in [3.05, 3.63) is 35.8 Å². The molecule has 1 saturated heterocycles. The maximum absolute atomic E-state index is 14.5. The van der Waals surface area contributed by atoms with E-state index in [2.05, 4.69) is 61.8 Å². The van der Waals surface area contributed by atoms with Crippen LogP contribution in [0.5, 0.6) is 0 Å². The molecule has 9 heteroatoms. The van der Waals surface area contributed by atoms with E-state index in [4.69, 9.17) is 0 Å². The average Bonchev–Trinajstić information content (AvgIpc) is 3.51. The fourth-order valence-electron chi connectivity index (χ4n) is 4.95. The van der Waals surface area contributed by atoms with Crippen LogP contribution in [-0.2, 0) is 4.79 Å². The third-order valence-corrected chi connectivity index (χ3v) is 7.14. The van der Waals surface area contributed by atoms with Crippen molar-refractivity contribution >= 4 is 29.0 Å². The van der Waals surface area contributed by atoms with Crippen molar-refractivity contribution < 1.29 is 9.18 Å². The van der Waals surface area contributed by atoms with E-state index in [0.717, 1.165) is 64.0 Å². The summed E-state index contributed by atoms with van der Waals surface area (Å²) in [6.45, 7) is 6.25. The van der Waals surface area contributed by atoms with Crippen LogP contribution >= 0.6 is 0 Å². The highest BCUT2D eigenvalue weighted by molar-refractivity contribution is 5.80. The van der Waals surface area contributed by atoms with Gasteiger partial charge in [0.05, 0.1) is 12.1 Å². The number of carbonyl (C=O) groups excluding carboxylic acids is 1. The Morgan fingerprint density at radius 3 is 2.65 bits per heavy atom. The van der Waals surface area contributed by atoms with Crippen LogP contribution in [-0.4, -0.2) is 66.1 Å². The van der Waals surface area contributed by atoms with Gasteiger partial charge in [0.15, 0.2) is 11.6 Å². The summed E-state index contributed by atoms with van der Waals surface area (Å²) in [6.07, 6.45) is 5.87. The minimum Gasteiger partial charge on any atom is -0.369 e. The Labute approximate surface area is 200 Å². The number of nitrogens with one attached hydrogen (secondary N) is 3. The summed E-state index contributed by atoms with van der Waals surface area (Å²) in [5.74, 6) is -0.134. The van der Waals surface area contributed by atoms with Gasteiger partial charge >= 0.3 is 0 Å². The summed E-state index contributed by atoms with van der Waals surface area (Å²) in [5, 5.41) is 9.48. The highest BCUT2D eigenvalue weighted by Gasteiger charge is 2.36. The number of nitrogens with zero attached hydrogens (tertiary/aromatic N) is 4. The van der Waals surface area contributed by atoms with E-state index in [1.165, 1.54) is 17.4 Å². The lowest BCUT2D eigenvalue weighted by atomic mass is 10.0. The molecule has 34 heavy (non-hydrogen) atoms. The number of piperazine rings is 1. The lowest BCUT2D eigenvalue weighted by Gasteiger charge is -2.35. The Balaban J connectivity index is 1.25. The molecule has 1 aliphatic heterocycles. The fraction of sp³-hybridized carbons (Fsp3) is 0.560. The van der Waals surface area contributed by atoms with Gasteiger partial charge in [-0.1, -0.05) is 6.42 Å². The second-order valence-corrected chi connectivity index (χ2v) is 9.88. The predicted octanol–water partition coefficient (Wildman–Crippen LogP) is 3.28. The average molecular weight is 468 g/mol. The van der Waals surface area contributed by atoms with E-state index in [0.29, 0.717) is 12.0 Å². The topological polar surface area (TPSA) is 85.4 Å². The summed E-state index contributed by atoms with van der Waals surface area (Å²) >= 11 is 0. The largest absolute Gasteiger partial charge is 0.369 e. The first-order valence-electron chi connectivity index (χ1n) is 12.4. The van der Waals surface area contributed by atoms with Crippen molar-refractivity contribution in [1.29, 1.82) is 0 Å². The van der Waals surface area contributed by atoms with Crippen molar-refractivity contribution in [2.75, 3.05) is 48.8 Å². The van der Waals surface area contributed by atoms with Crippen molar-refractivity contribution in [2.24, 2.45) is 5.92 Å². The van der Waals surface area contributed by atoms with E-state index in [1.54, 1.807) is 0 Å². The van der Waals surface area contributed by atoms with Crippen LogP contribution in [0.25, 0.3) is 0 Å². The van der Waals surface area contributed by atoms with Crippen molar-refractivity contribution in [2.45, 2.75) is 51.1 Å². The van der Waals surface area contributed by atoms with Gasteiger partial charge in [-0.15, -0.1) is 0 Å². The van der Waals surface area contributed by atoms with Crippen molar-refractivity contribution in [1.82, 2.24) is 20.2 Å². The molecule has 0 bridgehead atoms. The lowest BCUT2D eigenvalue weighted by molar-refractivity contribution is -0.125. The first kappa shape index (κ1) is 22.8. The van der Waals surface area contributed by atoms with Gasteiger partial charge in [-0.25, -0.2) is 9.37 Å². The molecule has 5 rings (SSSR count). The first-order chi connectivity index (χ1) is 16.5. The van der Waals surface area contributed by atoms with Crippen LogP contribution < -0.4 is 20.9 Å². The van der Waals surface area contributed by atoms with Gasteiger partial charge in [0, 0.05) is 49.6 Å². The third kappa shape index (κ3) is 5.24. The monoisotopic (exact) mass is 467 g/mol. The molecule has 1 aromatic heterocycles. The van der Waals surface area contributed by atoms with Gasteiger partial charge in [-0.3, -0.25) is 4.79 Å². The second kappa shape index (κ2) is 9.74. The molecule has 0 spiro atoms. The normalized spacial score (nSPS) is 23.1. The fourth-order valence-corrected chi connectivity index (χ4v) is 4.95. The van der Waals surface area contributed by atoms with Crippen LogP contribution in [0.15, 0.2) is 24.4 Å². The van der Waals surface area contributed by atoms with Gasteiger partial charge < -0.3 is 25.8 Å². The van der Waals surface area contributed by atoms with Gasteiger partial charge in [-0.05, 0) is 63.4 Å². The SMILES string of the molecule is Cc1cc(Nc2ncc(F)c(N[C@H]3CCC[C@H]3C(=O)NC3CC3)n2)ccc1N1CCN(C)CC1. The zero-order chi connectivity index (χ0) is 23.7. The number of aromatic nitrogens is 2. The predicted molar refractivity (Wildman–Crippen MR) is 132 cm³/mol. The van der Waals surface area contributed by atoms with Crippen molar-refractivity contribution in [3.8, 4) is 0 Å². The molecular weight excluding hydrogens is 433 g/mol. The molecule has 0 unspecified atom stereocenters. The molecule has 0 radical (unpaired) electrons. The minimum absolute atomic E-state index is 0.0706. The lowest BCUT2D eigenvalue weighted by Crippen LogP contribution is -2.44. The minimum atomic E-state index is -0.514. The van der Waals surface area contributed by atoms with E-state index in [-0.39, 0.29) is 23.7 Å². The smallest absolute Gasteiger partial charge is 0.229 e. The molecule has 1 amide bonds. The Hall–Kier alpha value is -2.94. The van der Waals surface area contributed by atoms with E-state index >= 15 is 0 Å². The summed E-state index contributed by atoms with van der Waals surface area (Å²) in [4.78, 5) is 25.9. The number of aryl methyl sites for hydroxylation is 1. The Bertz CT molecular complexity index is 1040. The molecule has 8 nitrogen and oxygen atoms in total. The van der Waals surface area contributed by atoms with Crippen LogP contribution in [0.1, 0.15) is 37.7 Å². The highest BCUT2D eigenvalue weighted by Crippen LogP contribution is 2.31. The molecule has 3 N–H and O–H groups in total. The standard InChI is InChI=1S/C25H34FN7O/c1-16-14-18(8-9-22(16)33-12-10-32(2)11-13-33)29-25-27-15-20(26)23(31-25)30-21-5-3-4-19(21)24(34)28-17-6-7-17/h8-9,14-15,17,19,21H,3-7,10-13H2,1-2H3,(H,28,34)(H2,27,29,30,31)/t19-,21+/m1/s1. The van der Waals surface area contributed by atoms with Gasteiger partial charge in [0.1, 0.15) is 0 Å². The van der Waals surface area contributed by atoms with E-state index < -0.39 is 5.82 Å². The summed E-state index contributed by atoms with van der Waals surface area (Å²) < 4.78 is 14.5. The van der Waals surface area contributed by atoms with Gasteiger partial charge in [0.2, 0.25) is 11.9 Å². The molecule has 1 aromatic carbocycles. The van der Waals surface area contributed by atoms with Crippen molar-refractivity contribution in [3.63, 3.8) is 0 Å². The molecule has 2 atom stereocenters. The number of likely N-dealkylation sites (N-methyl/N-ethyl adjacent to an activating group) is 1. The molecule has 3 aliphatic rings. The number of hydrogen-bond donors (Lipinski definition) is 3. The second-order valence-electron chi connectivity index (χ2n) is 9.88. The number of carbonyl (C=O) groups is 1. The number of rotatable bonds is 7. The third-order valence-electron chi connectivity index (χ3n) is 7.14. The van der Waals surface area contributed by atoms with Gasteiger partial charge in [-0.2, -0.15) is 4.98 Å². The maximum atomic E-state index is 14.5. The Morgan fingerprint density at radius 1 is 1.12 bits per heavy atom. The number of hydrogen-bond acceptors (Lipinski definition) is 7. The number of benzene rings is 1. The van der Waals surface area contributed by atoms with Crippen LogP contribution in [0, 0.1) is 18.7 Å². The Morgan fingerprint density at radius 2 is 1.91 bits per heavy atom. The summed E-state index contributed by atoms with van der Waals surface area (Å²) in [7, 11) is 2.15. The van der Waals surface area contributed by atoms with Crippen LogP contribution in [0.2, 0.25) is 0 Å². The number of anilines is 4.